The maximum Gasteiger partial charge on any atom is 0.323 e. The zero-order valence-electron chi connectivity index (χ0n) is 22.2. The smallest absolute Gasteiger partial charge is 0.323 e. The molecule has 2 heterocycles. The molecule has 0 unspecified atom stereocenters. The SMILES string of the molecule is Cn1nccc1-c1cc(NC(=O)Nc2ccc(Cl)cc2)ccc1OCCOC(=O)CCC(=O)O[C@H]1CCCNC1. The van der Waals surface area contributed by atoms with Crippen LogP contribution in [0.4, 0.5) is 16.2 Å². The summed E-state index contributed by atoms with van der Waals surface area (Å²) in [7, 11) is 1.80. The van der Waals surface area contributed by atoms with Crippen molar-refractivity contribution in [3.8, 4) is 17.0 Å². The Bertz CT molecular complexity index is 1310. The lowest BCUT2D eigenvalue weighted by atomic mass is 10.1. The molecule has 12 heteroatoms. The van der Waals surface area contributed by atoms with E-state index in [0.29, 0.717) is 34.3 Å². The Morgan fingerprint density at radius 2 is 1.77 bits per heavy atom. The number of carbonyl (C=O) groups is 3. The summed E-state index contributed by atoms with van der Waals surface area (Å²) >= 11 is 5.90. The monoisotopic (exact) mass is 569 g/mol. The molecule has 212 valence electrons. The molecule has 11 nitrogen and oxygen atoms in total. The molecule has 1 aliphatic heterocycles. The Morgan fingerprint density at radius 3 is 2.50 bits per heavy atom. The Balaban J connectivity index is 1.27. The van der Waals surface area contributed by atoms with Crippen LogP contribution in [0.5, 0.6) is 5.75 Å². The van der Waals surface area contributed by atoms with Crippen LogP contribution in [0.1, 0.15) is 25.7 Å². The molecule has 1 aromatic heterocycles. The molecule has 1 aliphatic rings. The van der Waals surface area contributed by atoms with Gasteiger partial charge in [0.05, 0.1) is 18.5 Å². The molecule has 2 amide bonds. The molecule has 0 bridgehead atoms. The van der Waals surface area contributed by atoms with Crippen molar-refractivity contribution in [3.63, 3.8) is 0 Å². The first-order valence-electron chi connectivity index (χ1n) is 13.0. The van der Waals surface area contributed by atoms with Gasteiger partial charge in [0.15, 0.2) is 0 Å². The summed E-state index contributed by atoms with van der Waals surface area (Å²) in [5, 5.41) is 13.5. The van der Waals surface area contributed by atoms with Gasteiger partial charge in [0.2, 0.25) is 0 Å². The second-order valence-electron chi connectivity index (χ2n) is 9.16. The lowest BCUT2D eigenvalue weighted by molar-refractivity contribution is -0.154. The Labute approximate surface area is 237 Å². The number of urea groups is 1. The fraction of sp³-hybridized carbons (Fsp3) is 0.357. The summed E-state index contributed by atoms with van der Waals surface area (Å²) in [6.07, 6.45) is 3.22. The number of piperidine rings is 1. The molecular formula is C28H32ClN5O6. The van der Waals surface area contributed by atoms with Crippen LogP contribution in [0.2, 0.25) is 5.02 Å². The highest BCUT2D eigenvalue weighted by molar-refractivity contribution is 6.30. The highest BCUT2D eigenvalue weighted by Gasteiger charge is 2.18. The first kappa shape index (κ1) is 28.9. The van der Waals surface area contributed by atoms with Gasteiger partial charge in [-0.2, -0.15) is 5.10 Å². The van der Waals surface area contributed by atoms with Gasteiger partial charge in [0.1, 0.15) is 25.1 Å². The van der Waals surface area contributed by atoms with E-state index in [1.54, 1.807) is 60.4 Å². The van der Waals surface area contributed by atoms with Gasteiger partial charge in [-0.3, -0.25) is 14.3 Å². The minimum absolute atomic E-state index is 0.00868. The van der Waals surface area contributed by atoms with Gasteiger partial charge in [-0.05, 0) is 67.9 Å². The lowest BCUT2D eigenvalue weighted by Gasteiger charge is -2.22. The van der Waals surface area contributed by atoms with Gasteiger partial charge in [0.25, 0.3) is 0 Å². The van der Waals surface area contributed by atoms with Crippen molar-refractivity contribution < 1.29 is 28.6 Å². The van der Waals surface area contributed by atoms with E-state index in [1.807, 2.05) is 6.07 Å². The lowest BCUT2D eigenvalue weighted by Crippen LogP contribution is -2.36. The number of amides is 2. The fourth-order valence-electron chi connectivity index (χ4n) is 4.15. The van der Waals surface area contributed by atoms with Gasteiger partial charge < -0.3 is 30.2 Å². The number of aromatic nitrogens is 2. The number of nitrogens with zero attached hydrogens (tertiary/aromatic N) is 2. The number of aryl methyl sites for hydroxylation is 1. The van der Waals surface area contributed by atoms with Crippen LogP contribution < -0.4 is 20.7 Å². The average Bonchev–Trinajstić information content (AvgIpc) is 3.38. The van der Waals surface area contributed by atoms with E-state index in [1.165, 1.54) is 0 Å². The van der Waals surface area contributed by atoms with Gasteiger partial charge in [-0.25, -0.2) is 4.79 Å². The highest BCUT2D eigenvalue weighted by Crippen LogP contribution is 2.32. The number of esters is 2. The summed E-state index contributed by atoms with van der Waals surface area (Å²) in [6.45, 7) is 1.67. The Kier molecular flexibility index (Phi) is 10.4. The van der Waals surface area contributed by atoms with Crippen LogP contribution in [0.3, 0.4) is 0 Å². The topological polar surface area (TPSA) is 133 Å². The maximum atomic E-state index is 12.5. The molecule has 3 aromatic rings. The minimum atomic E-state index is -0.500. The summed E-state index contributed by atoms with van der Waals surface area (Å²) in [5.74, 6) is -0.383. The fourth-order valence-corrected chi connectivity index (χ4v) is 4.27. The number of ether oxygens (including phenoxy) is 3. The molecule has 40 heavy (non-hydrogen) atoms. The predicted molar refractivity (Wildman–Crippen MR) is 150 cm³/mol. The van der Waals surface area contributed by atoms with Crippen LogP contribution in [-0.2, 0) is 26.1 Å². The summed E-state index contributed by atoms with van der Waals surface area (Å²) in [4.78, 5) is 36.6. The van der Waals surface area contributed by atoms with Crippen molar-refractivity contribution in [3.05, 3.63) is 59.8 Å². The van der Waals surface area contributed by atoms with Crippen LogP contribution in [0.25, 0.3) is 11.3 Å². The van der Waals surface area contributed by atoms with Crippen molar-refractivity contribution in [1.29, 1.82) is 0 Å². The zero-order chi connectivity index (χ0) is 28.3. The van der Waals surface area contributed by atoms with E-state index in [0.717, 1.165) is 25.1 Å². The van der Waals surface area contributed by atoms with Gasteiger partial charge in [-0.15, -0.1) is 0 Å². The quantitative estimate of drug-likeness (QED) is 0.229. The zero-order valence-corrected chi connectivity index (χ0v) is 22.9. The number of rotatable bonds is 11. The maximum absolute atomic E-state index is 12.5. The summed E-state index contributed by atoms with van der Waals surface area (Å²) in [6, 6.07) is 13.4. The molecule has 0 saturated carbocycles. The minimum Gasteiger partial charge on any atom is -0.489 e. The first-order chi connectivity index (χ1) is 19.4. The molecule has 4 rings (SSSR count). The van der Waals surface area contributed by atoms with E-state index in [4.69, 9.17) is 25.8 Å². The number of benzene rings is 2. The predicted octanol–water partition coefficient (Wildman–Crippen LogP) is 4.38. The molecular weight excluding hydrogens is 538 g/mol. The normalized spacial score (nSPS) is 14.7. The van der Waals surface area contributed by atoms with Crippen molar-refractivity contribution in [1.82, 2.24) is 15.1 Å². The Morgan fingerprint density at radius 1 is 1.02 bits per heavy atom. The largest absolute Gasteiger partial charge is 0.489 e. The molecule has 1 atom stereocenters. The van der Waals surface area contributed by atoms with Crippen molar-refractivity contribution in [2.24, 2.45) is 7.05 Å². The van der Waals surface area contributed by atoms with E-state index in [9.17, 15) is 14.4 Å². The van der Waals surface area contributed by atoms with E-state index >= 15 is 0 Å². The van der Waals surface area contributed by atoms with Gasteiger partial charge >= 0.3 is 18.0 Å². The third-order valence-electron chi connectivity index (χ3n) is 6.12. The first-order valence-corrected chi connectivity index (χ1v) is 13.4. The second-order valence-corrected chi connectivity index (χ2v) is 9.60. The highest BCUT2D eigenvalue weighted by atomic mass is 35.5. The van der Waals surface area contributed by atoms with Gasteiger partial charge in [0, 0.05) is 41.8 Å². The number of hydrogen-bond donors (Lipinski definition) is 3. The number of anilines is 2. The average molecular weight is 570 g/mol. The third kappa shape index (κ3) is 8.72. The molecule has 3 N–H and O–H groups in total. The number of hydrogen-bond acceptors (Lipinski definition) is 8. The number of nitrogens with one attached hydrogen (secondary N) is 3. The van der Waals surface area contributed by atoms with E-state index < -0.39 is 18.0 Å². The van der Waals surface area contributed by atoms with Crippen LogP contribution >= 0.6 is 11.6 Å². The molecule has 1 fully saturated rings. The van der Waals surface area contributed by atoms with E-state index in [2.05, 4.69) is 21.0 Å². The molecule has 1 saturated heterocycles. The Hall–Kier alpha value is -4.09. The second kappa shape index (κ2) is 14.3. The molecule has 0 radical (unpaired) electrons. The standard InChI is InChI=1S/C28H32ClN5O6/c1-34-24(12-14-31-34)23-17-21(33-28(37)32-20-6-4-19(29)5-7-20)8-9-25(23)38-15-16-39-26(35)10-11-27(36)40-22-3-2-13-30-18-22/h4-9,12,14,17,22,30H,2-3,10-11,13,15-16,18H2,1H3,(H2,32,33,37)/t22-/m0/s1. The number of carbonyl (C=O) groups excluding carboxylic acids is 3. The third-order valence-corrected chi connectivity index (χ3v) is 6.38. The van der Waals surface area contributed by atoms with E-state index in [-0.39, 0.29) is 32.2 Å². The van der Waals surface area contributed by atoms with Crippen LogP contribution in [-0.4, -0.2) is 60.2 Å². The molecule has 2 aromatic carbocycles. The van der Waals surface area contributed by atoms with Crippen molar-refractivity contribution in [2.75, 3.05) is 36.9 Å². The van der Waals surface area contributed by atoms with Gasteiger partial charge in [-0.1, -0.05) is 11.6 Å². The molecule has 0 spiro atoms. The molecule has 0 aliphatic carbocycles. The summed E-state index contributed by atoms with van der Waals surface area (Å²) in [5.41, 5.74) is 2.59. The summed E-state index contributed by atoms with van der Waals surface area (Å²) < 4.78 is 18.2. The van der Waals surface area contributed by atoms with Crippen molar-refractivity contribution >= 4 is 40.9 Å². The van der Waals surface area contributed by atoms with Crippen LogP contribution in [0.15, 0.2) is 54.7 Å². The van der Waals surface area contributed by atoms with Crippen molar-refractivity contribution in [2.45, 2.75) is 31.8 Å². The van der Waals surface area contributed by atoms with Crippen LogP contribution in [0, 0.1) is 0 Å². The number of halogens is 1.